The first-order valence-electron chi connectivity index (χ1n) is 7.18. The molecular weight excluding hydrogens is 352 g/mol. The molecule has 0 unspecified atom stereocenters. The number of hydrogen-bond donors (Lipinski definition) is 0. The molecule has 2 heterocycles. The maximum atomic E-state index is 12.4. The lowest BCUT2D eigenvalue weighted by atomic mass is 10.3. The SMILES string of the molecule is CCn1c(SCCOc2ccc(Cl)cc2)nc2ccsc2c1=O. The van der Waals surface area contributed by atoms with Gasteiger partial charge in [0.2, 0.25) is 0 Å². The van der Waals surface area contributed by atoms with E-state index in [0.29, 0.717) is 28.6 Å². The van der Waals surface area contributed by atoms with Gasteiger partial charge in [0.1, 0.15) is 10.4 Å². The van der Waals surface area contributed by atoms with Crippen LogP contribution in [0.25, 0.3) is 10.2 Å². The molecule has 0 N–H and O–H groups in total. The van der Waals surface area contributed by atoms with Gasteiger partial charge in [0.15, 0.2) is 5.16 Å². The second-order valence-corrected chi connectivity index (χ2v) is 7.14. The highest BCUT2D eigenvalue weighted by molar-refractivity contribution is 7.99. The summed E-state index contributed by atoms with van der Waals surface area (Å²) in [6.45, 7) is 3.10. The maximum absolute atomic E-state index is 12.4. The molecule has 4 nitrogen and oxygen atoms in total. The van der Waals surface area contributed by atoms with Crippen molar-refractivity contribution in [3.8, 4) is 5.75 Å². The molecule has 3 aromatic rings. The van der Waals surface area contributed by atoms with E-state index in [1.165, 1.54) is 23.1 Å². The van der Waals surface area contributed by atoms with Gasteiger partial charge in [-0.25, -0.2) is 4.98 Å². The van der Waals surface area contributed by atoms with E-state index in [1.54, 1.807) is 16.7 Å². The first-order chi connectivity index (χ1) is 11.2. The average Bonchev–Trinajstić information content (AvgIpc) is 3.02. The summed E-state index contributed by atoms with van der Waals surface area (Å²) in [5, 5.41) is 3.33. The minimum absolute atomic E-state index is 0.0358. The molecule has 0 saturated heterocycles. The predicted molar refractivity (Wildman–Crippen MR) is 97.2 cm³/mol. The first-order valence-corrected chi connectivity index (χ1v) is 9.42. The third-order valence-electron chi connectivity index (χ3n) is 3.24. The van der Waals surface area contributed by atoms with Crippen LogP contribution < -0.4 is 10.3 Å². The fourth-order valence-corrected chi connectivity index (χ4v) is 3.92. The molecule has 0 fully saturated rings. The van der Waals surface area contributed by atoms with E-state index in [9.17, 15) is 4.79 Å². The highest BCUT2D eigenvalue weighted by Gasteiger charge is 2.11. The Labute approximate surface area is 147 Å². The van der Waals surface area contributed by atoms with Crippen molar-refractivity contribution in [3.05, 3.63) is 51.1 Å². The van der Waals surface area contributed by atoms with Gasteiger partial charge in [-0.1, -0.05) is 23.4 Å². The highest BCUT2D eigenvalue weighted by atomic mass is 35.5. The molecule has 120 valence electrons. The van der Waals surface area contributed by atoms with Gasteiger partial charge in [0, 0.05) is 17.3 Å². The number of halogens is 1. The zero-order chi connectivity index (χ0) is 16.2. The van der Waals surface area contributed by atoms with Crippen LogP contribution in [-0.4, -0.2) is 21.9 Å². The first kappa shape index (κ1) is 16.4. The number of rotatable bonds is 6. The van der Waals surface area contributed by atoms with Gasteiger partial charge in [-0.3, -0.25) is 9.36 Å². The van der Waals surface area contributed by atoms with Gasteiger partial charge in [0.25, 0.3) is 5.56 Å². The normalized spacial score (nSPS) is 11.0. The smallest absolute Gasteiger partial charge is 0.272 e. The Morgan fingerprint density at radius 1 is 1.30 bits per heavy atom. The largest absolute Gasteiger partial charge is 0.493 e. The summed E-state index contributed by atoms with van der Waals surface area (Å²) in [5.41, 5.74) is 0.805. The summed E-state index contributed by atoms with van der Waals surface area (Å²) in [5.74, 6) is 1.49. The van der Waals surface area contributed by atoms with Crippen LogP contribution in [0.3, 0.4) is 0 Å². The molecule has 0 bridgehead atoms. The van der Waals surface area contributed by atoms with E-state index in [-0.39, 0.29) is 5.56 Å². The monoisotopic (exact) mass is 366 g/mol. The molecule has 7 heteroatoms. The number of fused-ring (bicyclic) bond motifs is 1. The van der Waals surface area contributed by atoms with E-state index < -0.39 is 0 Å². The highest BCUT2D eigenvalue weighted by Crippen LogP contribution is 2.21. The minimum Gasteiger partial charge on any atom is -0.493 e. The molecular formula is C16H15ClN2O2S2. The zero-order valence-corrected chi connectivity index (χ0v) is 14.9. The molecule has 0 aliphatic heterocycles. The number of benzene rings is 1. The van der Waals surface area contributed by atoms with Crippen molar-refractivity contribution < 1.29 is 4.74 Å². The number of nitrogens with zero attached hydrogens (tertiary/aromatic N) is 2. The Morgan fingerprint density at radius 2 is 2.09 bits per heavy atom. The van der Waals surface area contributed by atoms with Crippen LogP contribution in [0.1, 0.15) is 6.92 Å². The molecule has 23 heavy (non-hydrogen) atoms. The lowest BCUT2D eigenvalue weighted by Crippen LogP contribution is -2.21. The fourth-order valence-electron chi connectivity index (χ4n) is 2.14. The Bertz CT molecular complexity index is 859. The van der Waals surface area contributed by atoms with E-state index in [2.05, 4.69) is 4.98 Å². The second kappa shape index (κ2) is 7.38. The standard InChI is InChI=1S/C16H15ClN2O2S2/c1-2-19-15(20)14-13(7-9-22-14)18-16(19)23-10-8-21-12-5-3-11(17)4-6-12/h3-7,9H,2,8,10H2,1H3. The number of hydrogen-bond acceptors (Lipinski definition) is 5. The van der Waals surface area contributed by atoms with E-state index >= 15 is 0 Å². The van der Waals surface area contributed by atoms with Crippen molar-refractivity contribution in [1.29, 1.82) is 0 Å². The third-order valence-corrected chi connectivity index (χ3v) is 5.33. The van der Waals surface area contributed by atoms with Gasteiger partial charge in [-0.15, -0.1) is 11.3 Å². The molecule has 3 rings (SSSR count). The Kier molecular flexibility index (Phi) is 5.25. The summed E-state index contributed by atoms with van der Waals surface area (Å²) in [6, 6.07) is 9.15. The third kappa shape index (κ3) is 3.71. The van der Waals surface area contributed by atoms with Crippen molar-refractivity contribution >= 4 is 44.9 Å². The summed E-state index contributed by atoms with van der Waals surface area (Å²) >= 11 is 8.81. The van der Waals surface area contributed by atoms with Gasteiger partial charge < -0.3 is 4.74 Å². The summed E-state index contributed by atoms with van der Waals surface area (Å²) < 4.78 is 8.10. The lowest BCUT2D eigenvalue weighted by Gasteiger charge is -2.10. The summed E-state index contributed by atoms with van der Waals surface area (Å²) in [6.07, 6.45) is 0. The van der Waals surface area contributed by atoms with Gasteiger partial charge in [-0.05, 0) is 42.6 Å². The van der Waals surface area contributed by atoms with Crippen LogP contribution >= 0.6 is 34.7 Å². The van der Waals surface area contributed by atoms with Gasteiger partial charge >= 0.3 is 0 Å². The van der Waals surface area contributed by atoms with Crippen molar-refractivity contribution in [1.82, 2.24) is 9.55 Å². The molecule has 0 amide bonds. The van der Waals surface area contributed by atoms with Crippen LogP contribution in [0, 0.1) is 0 Å². The van der Waals surface area contributed by atoms with Crippen molar-refractivity contribution in [2.75, 3.05) is 12.4 Å². The van der Waals surface area contributed by atoms with E-state index in [1.807, 2.05) is 30.5 Å². The Hall–Kier alpha value is -1.50. The number of aromatic nitrogens is 2. The van der Waals surface area contributed by atoms with Crippen LogP contribution in [0.2, 0.25) is 5.02 Å². The number of ether oxygens (including phenoxy) is 1. The van der Waals surface area contributed by atoms with Crippen LogP contribution in [0.5, 0.6) is 5.75 Å². The Morgan fingerprint density at radius 3 is 2.83 bits per heavy atom. The molecule has 2 aromatic heterocycles. The van der Waals surface area contributed by atoms with E-state index in [4.69, 9.17) is 16.3 Å². The molecule has 0 saturated carbocycles. The molecule has 1 aromatic carbocycles. The van der Waals surface area contributed by atoms with Crippen molar-refractivity contribution in [2.45, 2.75) is 18.6 Å². The fraction of sp³-hybridized carbons (Fsp3) is 0.250. The van der Waals surface area contributed by atoms with Crippen molar-refractivity contribution in [2.24, 2.45) is 0 Å². The number of thiophene rings is 1. The molecule has 0 spiro atoms. The summed E-state index contributed by atoms with van der Waals surface area (Å²) in [7, 11) is 0. The molecule has 0 radical (unpaired) electrons. The molecule has 0 aliphatic rings. The average molecular weight is 367 g/mol. The van der Waals surface area contributed by atoms with Crippen LogP contribution in [0.4, 0.5) is 0 Å². The van der Waals surface area contributed by atoms with Gasteiger partial charge in [-0.2, -0.15) is 0 Å². The van der Waals surface area contributed by atoms with Crippen molar-refractivity contribution in [3.63, 3.8) is 0 Å². The quantitative estimate of drug-likeness (QED) is 0.370. The van der Waals surface area contributed by atoms with Crippen LogP contribution in [-0.2, 0) is 6.54 Å². The van der Waals surface area contributed by atoms with Gasteiger partial charge in [0.05, 0.1) is 12.1 Å². The molecule has 0 aliphatic carbocycles. The zero-order valence-electron chi connectivity index (χ0n) is 12.5. The summed E-state index contributed by atoms with van der Waals surface area (Å²) in [4.78, 5) is 17.0. The number of thioether (sulfide) groups is 1. The minimum atomic E-state index is 0.0358. The lowest BCUT2D eigenvalue weighted by molar-refractivity contribution is 0.344. The predicted octanol–water partition coefficient (Wildman–Crippen LogP) is 4.30. The van der Waals surface area contributed by atoms with Crippen LogP contribution in [0.15, 0.2) is 45.7 Å². The Balaban J connectivity index is 1.67. The second-order valence-electron chi connectivity index (χ2n) is 4.73. The molecule has 0 atom stereocenters. The maximum Gasteiger partial charge on any atom is 0.272 e. The van der Waals surface area contributed by atoms with E-state index in [0.717, 1.165) is 16.4 Å². The topological polar surface area (TPSA) is 44.1 Å².